The number of benzene rings is 2. The first-order valence-electron chi connectivity index (χ1n) is 7.83. The van der Waals surface area contributed by atoms with E-state index in [0.29, 0.717) is 18.5 Å². The molecule has 0 radical (unpaired) electrons. The van der Waals surface area contributed by atoms with Gasteiger partial charge < -0.3 is 10.1 Å². The van der Waals surface area contributed by atoms with Gasteiger partial charge in [0.2, 0.25) is 0 Å². The quantitative estimate of drug-likeness (QED) is 0.882. The van der Waals surface area contributed by atoms with Crippen LogP contribution in [0, 0.1) is 5.82 Å². The lowest BCUT2D eigenvalue weighted by molar-refractivity contribution is 0.0945. The number of anilines is 1. The number of nitrogens with zero attached hydrogens (tertiary/aromatic N) is 1. The van der Waals surface area contributed by atoms with Crippen LogP contribution < -0.4 is 14.4 Å². The highest BCUT2D eigenvalue weighted by Gasteiger charge is 2.31. The van der Waals surface area contributed by atoms with Gasteiger partial charge in [0.1, 0.15) is 18.2 Å². The van der Waals surface area contributed by atoms with Crippen molar-refractivity contribution in [1.82, 2.24) is 5.32 Å². The van der Waals surface area contributed by atoms with Crippen molar-refractivity contribution in [3.05, 3.63) is 53.3 Å². The van der Waals surface area contributed by atoms with E-state index in [1.807, 2.05) is 0 Å². The number of hydrogen-bond acceptors (Lipinski definition) is 4. The molecule has 1 amide bonds. The van der Waals surface area contributed by atoms with Gasteiger partial charge >= 0.3 is 0 Å². The van der Waals surface area contributed by atoms with Crippen LogP contribution >= 0.6 is 0 Å². The first-order chi connectivity index (χ1) is 12.0. The number of halogens is 1. The number of fused-ring (bicyclic) bond motifs is 2. The Morgan fingerprint density at radius 3 is 2.84 bits per heavy atom. The molecule has 2 heterocycles. The second kappa shape index (κ2) is 5.73. The molecule has 2 aliphatic heterocycles. The van der Waals surface area contributed by atoms with Crippen molar-refractivity contribution in [3.63, 3.8) is 0 Å². The fourth-order valence-electron chi connectivity index (χ4n) is 3.10. The van der Waals surface area contributed by atoms with E-state index < -0.39 is 15.8 Å². The van der Waals surface area contributed by atoms with Gasteiger partial charge in [-0.25, -0.2) is 12.8 Å². The van der Waals surface area contributed by atoms with Gasteiger partial charge in [-0.1, -0.05) is 6.07 Å². The number of ether oxygens (including phenoxy) is 1. The van der Waals surface area contributed by atoms with Crippen LogP contribution in [0.15, 0.2) is 41.3 Å². The maximum absolute atomic E-state index is 13.4. The molecule has 0 spiro atoms. The highest BCUT2D eigenvalue weighted by atomic mass is 32.2. The van der Waals surface area contributed by atoms with Crippen LogP contribution in [0.2, 0.25) is 0 Å². The zero-order valence-corrected chi connectivity index (χ0v) is 14.0. The monoisotopic (exact) mass is 362 g/mol. The van der Waals surface area contributed by atoms with Gasteiger partial charge in [0.25, 0.3) is 15.9 Å². The number of hydrogen-bond donors (Lipinski definition) is 1. The zero-order chi connectivity index (χ0) is 17.6. The first-order valence-corrected chi connectivity index (χ1v) is 9.27. The average Bonchev–Trinajstić information content (AvgIpc) is 2.61. The van der Waals surface area contributed by atoms with Crippen molar-refractivity contribution in [2.75, 3.05) is 24.0 Å². The minimum absolute atomic E-state index is 0.0282. The summed E-state index contributed by atoms with van der Waals surface area (Å²) in [5.41, 5.74) is 1.49. The smallest absolute Gasteiger partial charge is 0.264 e. The average molecular weight is 362 g/mol. The fraction of sp³-hybridized carbons (Fsp3) is 0.235. The van der Waals surface area contributed by atoms with Crippen molar-refractivity contribution < 1.29 is 22.3 Å². The molecule has 0 unspecified atom stereocenters. The lowest BCUT2D eigenvalue weighted by Gasteiger charge is -2.30. The molecule has 0 saturated heterocycles. The Balaban J connectivity index is 1.79. The second-order valence-electron chi connectivity index (χ2n) is 5.86. The van der Waals surface area contributed by atoms with Crippen molar-refractivity contribution in [1.29, 1.82) is 0 Å². The van der Waals surface area contributed by atoms with Gasteiger partial charge in [-0.15, -0.1) is 0 Å². The highest BCUT2D eigenvalue weighted by Crippen LogP contribution is 2.36. The van der Waals surface area contributed by atoms with Crippen molar-refractivity contribution in [2.24, 2.45) is 0 Å². The van der Waals surface area contributed by atoms with Crippen LogP contribution in [-0.2, 0) is 16.4 Å². The van der Waals surface area contributed by atoms with E-state index in [0.717, 1.165) is 11.6 Å². The first kappa shape index (κ1) is 15.9. The summed E-state index contributed by atoms with van der Waals surface area (Å²) in [6, 6.07) is 8.32. The van der Waals surface area contributed by atoms with E-state index in [-0.39, 0.29) is 35.4 Å². The van der Waals surface area contributed by atoms with Gasteiger partial charge in [-0.2, -0.15) is 0 Å². The third-order valence-electron chi connectivity index (χ3n) is 4.34. The van der Waals surface area contributed by atoms with E-state index in [1.165, 1.54) is 28.6 Å². The van der Waals surface area contributed by atoms with Gasteiger partial charge in [0.15, 0.2) is 0 Å². The van der Waals surface area contributed by atoms with Crippen LogP contribution in [0.25, 0.3) is 0 Å². The minimum atomic E-state index is -3.89. The normalized spacial score (nSPS) is 16.5. The number of amides is 1. The van der Waals surface area contributed by atoms with E-state index in [9.17, 15) is 17.6 Å². The standard InChI is InChI=1S/C17H15FN2O4S/c18-12-2-4-15-16(9-12)24-8-7-20(15)25(22,23)13-3-1-11-5-6-19-17(21)14(11)10-13/h1-4,9-10H,5-8H2,(H,19,21). The van der Waals surface area contributed by atoms with E-state index in [1.54, 1.807) is 6.07 Å². The van der Waals surface area contributed by atoms with E-state index in [2.05, 4.69) is 5.32 Å². The predicted octanol–water partition coefficient (Wildman–Crippen LogP) is 1.70. The summed E-state index contributed by atoms with van der Waals surface area (Å²) in [4.78, 5) is 12.0. The third kappa shape index (κ3) is 2.62. The van der Waals surface area contributed by atoms with Crippen molar-refractivity contribution in [2.45, 2.75) is 11.3 Å². The summed E-state index contributed by atoms with van der Waals surface area (Å²) in [6.45, 7) is 0.783. The molecular formula is C17H15FN2O4S. The molecule has 25 heavy (non-hydrogen) atoms. The Labute approximate surface area is 144 Å². The van der Waals surface area contributed by atoms with Crippen LogP contribution in [0.4, 0.5) is 10.1 Å². The summed E-state index contributed by atoms with van der Waals surface area (Å²) in [7, 11) is -3.89. The molecule has 2 aliphatic rings. The Morgan fingerprint density at radius 1 is 1.16 bits per heavy atom. The summed E-state index contributed by atoms with van der Waals surface area (Å²) in [5, 5.41) is 2.71. The summed E-state index contributed by atoms with van der Waals surface area (Å²) < 4.78 is 46.1. The highest BCUT2D eigenvalue weighted by molar-refractivity contribution is 7.92. The second-order valence-corrected chi connectivity index (χ2v) is 7.72. The summed E-state index contributed by atoms with van der Waals surface area (Å²) in [5.74, 6) is -0.586. The van der Waals surface area contributed by atoms with Crippen molar-refractivity contribution in [3.8, 4) is 5.75 Å². The van der Waals surface area contributed by atoms with Gasteiger partial charge in [-0.05, 0) is 36.2 Å². The Bertz CT molecular complexity index is 975. The summed E-state index contributed by atoms with van der Waals surface area (Å²) in [6.07, 6.45) is 0.668. The molecule has 130 valence electrons. The van der Waals surface area contributed by atoms with Crippen LogP contribution in [0.3, 0.4) is 0 Å². The molecule has 6 nitrogen and oxygen atoms in total. The molecule has 8 heteroatoms. The number of sulfonamides is 1. The molecule has 0 atom stereocenters. The molecule has 4 rings (SSSR count). The Morgan fingerprint density at radius 2 is 2.00 bits per heavy atom. The van der Waals surface area contributed by atoms with Crippen LogP contribution in [0.1, 0.15) is 15.9 Å². The number of nitrogens with one attached hydrogen (secondary N) is 1. The predicted molar refractivity (Wildman–Crippen MR) is 88.9 cm³/mol. The SMILES string of the molecule is O=C1NCCc2ccc(S(=O)(=O)N3CCOc4cc(F)ccc43)cc21. The number of carbonyl (C=O) groups excluding carboxylic acids is 1. The molecule has 2 aromatic rings. The van der Waals surface area contributed by atoms with E-state index >= 15 is 0 Å². The number of rotatable bonds is 2. The van der Waals surface area contributed by atoms with E-state index in [4.69, 9.17) is 4.74 Å². The van der Waals surface area contributed by atoms with Crippen LogP contribution in [-0.4, -0.2) is 34.0 Å². The van der Waals surface area contributed by atoms with Gasteiger partial charge in [-0.3, -0.25) is 9.10 Å². The lowest BCUT2D eigenvalue weighted by Crippen LogP contribution is -2.38. The number of carbonyl (C=O) groups is 1. The summed E-state index contributed by atoms with van der Waals surface area (Å²) >= 11 is 0. The maximum atomic E-state index is 13.4. The topological polar surface area (TPSA) is 75.7 Å². The molecule has 0 bridgehead atoms. The molecular weight excluding hydrogens is 347 g/mol. The van der Waals surface area contributed by atoms with Crippen molar-refractivity contribution >= 4 is 21.6 Å². The molecule has 0 aromatic heterocycles. The van der Waals surface area contributed by atoms with Gasteiger partial charge in [0, 0.05) is 18.2 Å². The molecule has 0 saturated carbocycles. The third-order valence-corrected chi connectivity index (χ3v) is 6.15. The maximum Gasteiger partial charge on any atom is 0.264 e. The zero-order valence-electron chi connectivity index (χ0n) is 13.2. The lowest BCUT2D eigenvalue weighted by atomic mass is 10.0. The largest absolute Gasteiger partial charge is 0.489 e. The molecule has 2 aromatic carbocycles. The fourth-order valence-corrected chi connectivity index (χ4v) is 4.58. The van der Waals surface area contributed by atoms with Gasteiger partial charge in [0.05, 0.1) is 17.1 Å². The Kier molecular flexibility index (Phi) is 3.64. The minimum Gasteiger partial charge on any atom is -0.489 e. The molecule has 1 N–H and O–H groups in total. The Hall–Kier alpha value is -2.61. The van der Waals surface area contributed by atoms with Crippen LogP contribution in [0.5, 0.6) is 5.75 Å². The molecule has 0 aliphatic carbocycles. The molecule has 0 fully saturated rings.